The van der Waals surface area contributed by atoms with E-state index in [-0.39, 0.29) is 102 Å². The minimum Gasteiger partial charge on any atom is -0.469 e. The lowest BCUT2D eigenvalue weighted by Gasteiger charge is -2.70. The smallest absolute Gasteiger partial charge is 0.311 e. The number of hydrogen-bond acceptors (Lipinski definition) is 10. The number of hydrogen-bond donors (Lipinski definition) is 3. The topological polar surface area (TPSA) is 166 Å². The predicted molar refractivity (Wildman–Crippen MR) is 293 cm³/mol. The standard InChI is InChI=1S/C31H47NO4.C31H49NO3.C2H6O/c1-26(2)22-9-12-31(7)24(29(22,5)11-10-23(26)32-35)21(33)17-19-20-18-28(4,25(34)36-8)14-13-27(20,3)15-16-30(19,31)6;1-26(2)22-9-12-31(7)24(29(22,5)11-10-23(26)32)21(33)17-19-20-18-28(4,25(34)35-8)14-13-27(20,3)15-16-30(19,31)6;1-2-3/h17,20,22,24,35H,9-16,18H2,1-8H3;17,20,22-24H,9-16,18,32H2,1-8H3;3H,2H2,1H3/b32-23+;;/t20-,22-,24+,27+,28-,29-,30+,31+;20-,22-,23?,24+,27+,28-,29-,30+,31+;/m00./s1. The summed E-state index contributed by atoms with van der Waals surface area (Å²) in [5.41, 5.74) is 9.00. The summed E-state index contributed by atoms with van der Waals surface area (Å²) in [4.78, 5) is 54.3. The molecule has 0 spiro atoms. The Hall–Kier alpha value is -2.85. The molecule has 0 saturated heterocycles. The van der Waals surface area contributed by atoms with Crippen molar-refractivity contribution in [1.82, 2.24) is 0 Å². The fourth-order valence-corrected chi connectivity index (χ4v) is 21.2. The van der Waals surface area contributed by atoms with Gasteiger partial charge in [0.2, 0.25) is 0 Å². The summed E-state index contributed by atoms with van der Waals surface area (Å²) < 4.78 is 10.5. The third-order valence-corrected chi connectivity index (χ3v) is 26.5. The van der Waals surface area contributed by atoms with Crippen LogP contribution >= 0.6 is 0 Å². The van der Waals surface area contributed by atoms with Crippen LogP contribution in [0.5, 0.6) is 0 Å². The van der Waals surface area contributed by atoms with E-state index in [4.69, 9.17) is 20.3 Å². The second-order valence-corrected chi connectivity index (χ2v) is 30.5. The molecule has 74 heavy (non-hydrogen) atoms. The molecule has 416 valence electrons. The van der Waals surface area contributed by atoms with Crippen molar-refractivity contribution in [3.63, 3.8) is 0 Å². The quantitative estimate of drug-likeness (QED) is 0.139. The molecule has 10 nitrogen and oxygen atoms in total. The van der Waals surface area contributed by atoms with Gasteiger partial charge in [-0.05, 0) is 221 Å². The van der Waals surface area contributed by atoms with Crippen molar-refractivity contribution < 1.29 is 39.0 Å². The molecule has 0 aromatic heterocycles. The fourth-order valence-electron chi connectivity index (χ4n) is 21.2. The van der Waals surface area contributed by atoms with Crippen LogP contribution in [-0.4, -0.2) is 66.4 Å². The molecule has 0 aliphatic heterocycles. The second-order valence-electron chi connectivity index (χ2n) is 30.5. The zero-order valence-electron chi connectivity index (χ0n) is 49.5. The third kappa shape index (κ3) is 7.78. The van der Waals surface area contributed by atoms with E-state index in [1.807, 2.05) is 0 Å². The molecule has 10 heteroatoms. The van der Waals surface area contributed by atoms with Crippen molar-refractivity contribution in [3.05, 3.63) is 23.3 Å². The molecule has 0 aromatic rings. The summed E-state index contributed by atoms with van der Waals surface area (Å²) in [6, 6.07) is 0.207. The Morgan fingerprint density at radius 1 is 0.595 bits per heavy atom. The van der Waals surface area contributed by atoms with Gasteiger partial charge in [0, 0.05) is 29.9 Å². The van der Waals surface area contributed by atoms with Gasteiger partial charge in [0.05, 0.1) is 30.8 Å². The first-order chi connectivity index (χ1) is 34.1. The highest BCUT2D eigenvalue weighted by Gasteiger charge is 2.72. The highest BCUT2D eigenvalue weighted by molar-refractivity contribution is 5.97. The van der Waals surface area contributed by atoms with E-state index in [0.717, 1.165) is 115 Å². The van der Waals surface area contributed by atoms with Gasteiger partial charge in [0.1, 0.15) is 0 Å². The number of allylic oxidation sites excluding steroid dienone is 4. The van der Waals surface area contributed by atoms with Crippen molar-refractivity contribution in [1.29, 1.82) is 0 Å². The summed E-state index contributed by atoms with van der Waals surface area (Å²) in [5, 5.41) is 21.0. The molecule has 4 N–H and O–H groups in total. The zero-order chi connectivity index (χ0) is 55.1. The highest BCUT2D eigenvalue weighted by atomic mass is 16.5. The number of rotatable bonds is 2. The second kappa shape index (κ2) is 18.4. The first-order valence-corrected chi connectivity index (χ1v) is 29.4. The number of carbonyl (C=O) groups is 4. The van der Waals surface area contributed by atoms with Crippen LogP contribution in [0.3, 0.4) is 0 Å². The van der Waals surface area contributed by atoms with Crippen LogP contribution in [0.1, 0.15) is 219 Å². The van der Waals surface area contributed by atoms with E-state index in [2.05, 4.69) is 114 Å². The Kier molecular flexibility index (Phi) is 14.2. The van der Waals surface area contributed by atoms with Gasteiger partial charge in [-0.1, -0.05) is 99.4 Å². The van der Waals surface area contributed by atoms with E-state index >= 15 is 0 Å². The van der Waals surface area contributed by atoms with Crippen molar-refractivity contribution >= 4 is 29.2 Å². The van der Waals surface area contributed by atoms with E-state index in [1.165, 1.54) is 31.8 Å². The number of esters is 2. The number of nitrogens with two attached hydrogens (primary N) is 1. The van der Waals surface area contributed by atoms with Gasteiger partial charge in [-0.15, -0.1) is 0 Å². The van der Waals surface area contributed by atoms with Crippen LogP contribution in [-0.2, 0) is 28.7 Å². The van der Waals surface area contributed by atoms with Crippen LogP contribution < -0.4 is 5.73 Å². The summed E-state index contributed by atoms with van der Waals surface area (Å²) in [6.07, 6.45) is 22.1. The van der Waals surface area contributed by atoms with Crippen LogP contribution in [0.15, 0.2) is 28.5 Å². The van der Waals surface area contributed by atoms with Gasteiger partial charge in [0.15, 0.2) is 11.6 Å². The van der Waals surface area contributed by atoms with E-state index in [1.54, 1.807) is 6.92 Å². The average molecular weight is 1030 g/mol. The van der Waals surface area contributed by atoms with Gasteiger partial charge in [0.25, 0.3) is 0 Å². The molecular formula is C64H102N2O8. The zero-order valence-corrected chi connectivity index (χ0v) is 49.5. The molecule has 10 rings (SSSR count). The van der Waals surface area contributed by atoms with Gasteiger partial charge in [-0.2, -0.15) is 0 Å². The molecule has 0 aromatic carbocycles. The van der Waals surface area contributed by atoms with Crippen LogP contribution in [0.25, 0.3) is 0 Å². The van der Waals surface area contributed by atoms with E-state index in [9.17, 15) is 24.4 Å². The van der Waals surface area contributed by atoms with Crippen molar-refractivity contribution in [2.45, 2.75) is 225 Å². The Labute approximate surface area is 447 Å². The fraction of sp³-hybridized carbons (Fsp3) is 0.859. The monoisotopic (exact) mass is 1030 g/mol. The normalized spacial score (nSPS) is 49.9. The highest BCUT2D eigenvalue weighted by Crippen LogP contribution is 2.77. The van der Waals surface area contributed by atoms with Crippen LogP contribution in [0.2, 0.25) is 0 Å². The van der Waals surface area contributed by atoms with Crippen molar-refractivity contribution in [2.24, 2.45) is 111 Å². The lowest BCUT2D eigenvalue weighted by molar-refractivity contribution is -0.188. The number of nitrogens with zero attached hydrogens (tertiary/aromatic N) is 1. The number of carbonyl (C=O) groups excluding carboxylic acids is 4. The van der Waals surface area contributed by atoms with Gasteiger partial charge in [-0.3, -0.25) is 19.2 Å². The molecule has 1 unspecified atom stereocenters. The summed E-state index contributed by atoms with van der Waals surface area (Å²) in [6.45, 7) is 34.6. The van der Waals surface area contributed by atoms with Gasteiger partial charge in [-0.25, -0.2) is 0 Å². The van der Waals surface area contributed by atoms with Gasteiger partial charge >= 0.3 is 11.9 Å². The first-order valence-electron chi connectivity index (χ1n) is 29.4. The Bertz CT molecular complexity index is 2390. The SMILES string of the molecule is CCO.COC(=O)[C@@]1(C)CC[C@]2(C)CC[C@]3(C)C(=CC(=O)[C@@H]4[C@@]5(C)CC/C(=N\O)C(C)(C)[C@@H]5CC[C@]43C)[C@@H]2C1.COC(=O)[C@@]1(C)CC[C@]2(C)CC[C@]3(C)C(=CC(=O)[C@@H]4[C@@]5(C)CCC(N)C(C)(C)[C@@H]5CC[C@]43C)[C@@H]2C1. The number of methoxy groups -OCH3 is 2. The summed E-state index contributed by atoms with van der Waals surface area (Å²) >= 11 is 0. The third-order valence-electron chi connectivity index (χ3n) is 26.5. The van der Waals surface area contributed by atoms with Crippen LogP contribution in [0, 0.1) is 100 Å². The first kappa shape index (κ1) is 57.3. The number of ether oxygens (including phenoxy) is 2. The average Bonchev–Trinajstić information content (AvgIpc) is 3.32. The van der Waals surface area contributed by atoms with Crippen molar-refractivity contribution in [2.75, 3.05) is 20.8 Å². The molecule has 0 bridgehead atoms. The largest absolute Gasteiger partial charge is 0.469 e. The maximum absolute atomic E-state index is 14.3. The molecule has 0 heterocycles. The number of aliphatic hydroxyl groups is 1. The number of aliphatic hydroxyl groups excluding tert-OH is 1. The molecule has 10 aliphatic carbocycles. The number of ketones is 2. The molecule has 8 saturated carbocycles. The Balaban J connectivity index is 0.000000187. The molecule has 10 aliphatic rings. The molecular weight excluding hydrogens is 925 g/mol. The predicted octanol–water partition coefficient (Wildman–Crippen LogP) is 13.4. The lowest BCUT2D eigenvalue weighted by atomic mass is 9.33. The number of fused-ring (bicyclic) bond motifs is 14. The van der Waals surface area contributed by atoms with Crippen molar-refractivity contribution in [3.8, 4) is 0 Å². The minimum atomic E-state index is -0.490. The Morgan fingerprint density at radius 3 is 1.39 bits per heavy atom. The van der Waals surface area contributed by atoms with E-state index < -0.39 is 10.8 Å². The molecule has 0 amide bonds. The molecule has 0 radical (unpaired) electrons. The van der Waals surface area contributed by atoms with Gasteiger partial charge < -0.3 is 25.5 Å². The number of oxime groups is 1. The lowest BCUT2D eigenvalue weighted by Crippen LogP contribution is -2.67. The maximum atomic E-state index is 14.3. The Morgan fingerprint density at radius 2 is 0.986 bits per heavy atom. The summed E-state index contributed by atoms with van der Waals surface area (Å²) in [7, 11) is 3.01. The molecule has 8 fully saturated rings. The molecule has 17 atom stereocenters. The van der Waals surface area contributed by atoms with E-state index in [0.29, 0.717) is 23.4 Å². The van der Waals surface area contributed by atoms with Crippen LogP contribution in [0.4, 0.5) is 0 Å². The maximum Gasteiger partial charge on any atom is 0.311 e. The summed E-state index contributed by atoms with van der Waals surface area (Å²) in [5.74, 6) is 1.77. The minimum absolute atomic E-state index is 0.0116.